The van der Waals surface area contributed by atoms with Crippen LogP contribution in [0.4, 0.5) is 10.2 Å². The van der Waals surface area contributed by atoms with Gasteiger partial charge >= 0.3 is 0 Å². The van der Waals surface area contributed by atoms with Crippen LogP contribution in [-0.4, -0.2) is 39.7 Å². The van der Waals surface area contributed by atoms with Gasteiger partial charge in [0.15, 0.2) is 0 Å². The van der Waals surface area contributed by atoms with Crippen LogP contribution in [0.15, 0.2) is 28.9 Å². The summed E-state index contributed by atoms with van der Waals surface area (Å²) < 4.78 is 23.2. The number of rotatable bonds is 5. The Kier molecular flexibility index (Phi) is 4.38. The fourth-order valence-electron chi connectivity index (χ4n) is 4.01. The maximum atomic E-state index is 13.5. The highest BCUT2D eigenvalue weighted by molar-refractivity contribution is 6.10. The maximum absolute atomic E-state index is 13.5. The molecule has 1 aromatic carbocycles. The molecule has 1 fully saturated rings. The summed E-state index contributed by atoms with van der Waals surface area (Å²) >= 11 is 0. The lowest BCUT2D eigenvalue weighted by molar-refractivity contribution is 0.0734. The molecule has 0 spiro atoms. The molecule has 3 heterocycles. The molecule has 156 valence electrons. The van der Waals surface area contributed by atoms with E-state index in [-0.39, 0.29) is 11.4 Å². The van der Waals surface area contributed by atoms with E-state index in [1.165, 1.54) is 6.33 Å². The number of benzene rings is 1. The van der Waals surface area contributed by atoms with Crippen molar-refractivity contribution in [3.8, 4) is 5.75 Å². The highest BCUT2D eigenvalue weighted by Crippen LogP contribution is 2.40. The first-order valence-corrected chi connectivity index (χ1v) is 10.1. The molecule has 2 aromatic heterocycles. The quantitative estimate of drug-likeness (QED) is 0.685. The predicted octanol–water partition coefficient (Wildman–Crippen LogP) is 4.00. The van der Waals surface area contributed by atoms with E-state index in [2.05, 4.69) is 22.2 Å². The minimum absolute atomic E-state index is 0.0101. The molecule has 0 saturated heterocycles. The van der Waals surface area contributed by atoms with E-state index in [9.17, 15) is 9.18 Å². The van der Waals surface area contributed by atoms with Crippen molar-refractivity contribution < 1.29 is 18.3 Å². The zero-order valence-corrected chi connectivity index (χ0v) is 17.0. The normalized spacial score (nSPS) is 17.0. The van der Waals surface area contributed by atoms with Gasteiger partial charge in [-0.15, -0.1) is 0 Å². The summed E-state index contributed by atoms with van der Waals surface area (Å²) in [7, 11) is 0. The Morgan fingerprint density at radius 2 is 2.17 bits per heavy atom. The summed E-state index contributed by atoms with van der Waals surface area (Å²) in [5.74, 6) is 1.59. The van der Waals surface area contributed by atoms with Gasteiger partial charge < -0.3 is 19.4 Å². The number of hydrogen-bond donors (Lipinski definition) is 1. The summed E-state index contributed by atoms with van der Waals surface area (Å²) in [4.78, 5) is 24.0. The van der Waals surface area contributed by atoms with Crippen LogP contribution < -0.4 is 10.1 Å². The molecule has 0 unspecified atom stereocenters. The molecule has 5 rings (SSSR count). The van der Waals surface area contributed by atoms with E-state index in [0.717, 1.165) is 24.0 Å². The van der Waals surface area contributed by atoms with Gasteiger partial charge in [-0.1, -0.05) is 6.07 Å². The average molecular weight is 410 g/mol. The lowest BCUT2D eigenvalue weighted by Gasteiger charge is -2.29. The fraction of sp³-hybridized carbons (Fsp3) is 0.409. The monoisotopic (exact) mass is 410 g/mol. The molecule has 1 aliphatic carbocycles. The van der Waals surface area contributed by atoms with Crippen molar-refractivity contribution in [1.29, 1.82) is 0 Å². The van der Waals surface area contributed by atoms with E-state index >= 15 is 0 Å². The number of amides is 1. The van der Waals surface area contributed by atoms with Crippen LogP contribution in [0.5, 0.6) is 5.75 Å². The number of nitrogens with one attached hydrogen (secondary N) is 1. The Morgan fingerprint density at radius 3 is 2.93 bits per heavy atom. The van der Waals surface area contributed by atoms with Crippen molar-refractivity contribution in [2.75, 3.05) is 18.7 Å². The predicted molar refractivity (Wildman–Crippen MR) is 109 cm³/mol. The lowest BCUT2D eigenvalue weighted by atomic mass is 9.98. The number of furan rings is 1. The van der Waals surface area contributed by atoms with E-state index in [4.69, 9.17) is 9.15 Å². The largest absolute Gasteiger partial charge is 0.463 e. The Morgan fingerprint density at radius 1 is 1.33 bits per heavy atom. The van der Waals surface area contributed by atoms with Gasteiger partial charge in [-0.05, 0) is 56.4 Å². The van der Waals surface area contributed by atoms with Crippen LogP contribution >= 0.6 is 0 Å². The zero-order chi connectivity index (χ0) is 20.9. The van der Waals surface area contributed by atoms with Gasteiger partial charge in [0.2, 0.25) is 12.6 Å². The zero-order valence-electron chi connectivity index (χ0n) is 17.0. The van der Waals surface area contributed by atoms with Crippen LogP contribution in [-0.2, 0) is 13.0 Å². The van der Waals surface area contributed by atoms with Gasteiger partial charge in [-0.3, -0.25) is 4.79 Å². The molecule has 0 bridgehead atoms. The van der Waals surface area contributed by atoms with E-state index in [0.29, 0.717) is 53.5 Å². The number of carbonyl (C=O) groups is 1. The van der Waals surface area contributed by atoms with Crippen molar-refractivity contribution in [3.63, 3.8) is 0 Å². The standard InChI is InChI=1S/C22H23FN4O3/c1-13-17(18-19(26-22(2)6-7-22)24-12-25-20(18)30-13)21(28)27-8-5-14-9-16(29-11-23)4-3-15(14)10-27/h3-4,9,12H,5-8,10-11H2,1-2H3,(H,24,25,26). The first-order valence-electron chi connectivity index (χ1n) is 10.1. The first-order chi connectivity index (χ1) is 14.5. The second-order valence-corrected chi connectivity index (χ2v) is 8.28. The number of anilines is 1. The summed E-state index contributed by atoms with van der Waals surface area (Å²) in [5.41, 5.74) is 3.05. The van der Waals surface area contributed by atoms with Gasteiger partial charge in [0.25, 0.3) is 5.91 Å². The van der Waals surface area contributed by atoms with Gasteiger partial charge in [0, 0.05) is 18.6 Å². The fourth-order valence-corrected chi connectivity index (χ4v) is 4.01. The molecule has 8 heteroatoms. The topological polar surface area (TPSA) is 80.5 Å². The van der Waals surface area contributed by atoms with Crippen LogP contribution in [0.3, 0.4) is 0 Å². The van der Waals surface area contributed by atoms with Gasteiger partial charge in [0.1, 0.15) is 23.7 Å². The van der Waals surface area contributed by atoms with Crippen LogP contribution in [0.2, 0.25) is 0 Å². The Labute approximate surface area is 173 Å². The second kappa shape index (κ2) is 6.97. The number of alkyl halides is 1. The van der Waals surface area contributed by atoms with E-state index in [1.807, 2.05) is 17.0 Å². The van der Waals surface area contributed by atoms with Gasteiger partial charge in [-0.2, -0.15) is 0 Å². The number of halogens is 1. The van der Waals surface area contributed by atoms with Crippen molar-refractivity contribution in [2.45, 2.75) is 45.2 Å². The lowest BCUT2D eigenvalue weighted by Crippen LogP contribution is -2.36. The van der Waals surface area contributed by atoms with Crippen LogP contribution in [0, 0.1) is 6.92 Å². The van der Waals surface area contributed by atoms with Crippen LogP contribution in [0.1, 0.15) is 47.0 Å². The summed E-state index contributed by atoms with van der Waals surface area (Å²) in [6, 6.07) is 5.47. The smallest absolute Gasteiger partial charge is 0.258 e. The molecule has 0 radical (unpaired) electrons. The molecule has 1 amide bonds. The molecule has 0 atom stereocenters. The van der Waals surface area contributed by atoms with Crippen molar-refractivity contribution in [1.82, 2.24) is 14.9 Å². The minimum atomic E-state index is -0.853. The molecular formula is C22H23FN4O3. The second-order valence-electron chi connectivity index (χ2n) is 8.28. The van der Waals surface area contributed by atoms with Crippen molar-refractivity contribution in [2.24, 2.45) is 0 Å². The third kappa shape index (κ3) is 3.26. The summed E-state index contributed by atoms with van der Waals surface area (Å²) in [6.45, 7) is 4.11. The van der Waals surface area contributed by atoms with Gasteiger partial charge in [0.05, 0.1) is 10.9 Å². The summed E-state index contributed by atoms with van der Waals surface area (Å²) in [5, 5.41) is 4.10. The molecule has 1 aliphatic heterocycles. The third-order valence-electron chi connectivity index (χ3n) is 6.00. The number of aromatic nitrogens is 2. The molecule has 1 N–H and O–H groups in total. The highest BCUT2D eigenvalue weighted by Gasteiger charge is 2.39. The summed E-state index contributed by atoms with van der Waals surface area (Å²) in [6.07, 6.45) is 4.27. The first kappa shape index (κ1) is 18.8. The maximum Gasteiger partial charge on any atom is 0.258 e. The molecule has 3 aromatic rings. The van der Waals surface area contributed by atoms with Crippen molar-refractivity contribution >= 4 is 22.8 Å². The van der Waals surface area contributed by atoms with Crippen molar-refractivity contribution in [3.05, 3.63) is 47.0 Å². The SMILES string of the molecule is Cc1oc2ncnc(NC3(C)CC3)c2c1C(=O)N1CCc2cc(OCF)ccc2C1. The molecule has 2 aliphatic rings. The number of aryl methyl sites for hydroxylation is 1. The number of carbonyl (C=O) groups excluding carboxylic acids is 1. The highest BCUT2D eigenvalue weighted by atomic mass is 19.1. The molecule has 30 heavy (non-hydrogen) atoms. The van der Waals surface area contributed by atoms with Crippen LogP contribution in [0.25, 0.3) is 11.1 Å². The Hall–Kier alpha value is -3.16. The third-order valence-corrected chi connectivity index (χ3v) is 6.00. The Bertz CT molecular complexity index is 1140. The van der Waals surface area contributed by atoms with Gasteiger partial charge in [-0.25, -0.2) is 14.4 Å². The molecular weight excluding hydrogens is 387 g/mol. The molecule has 1 saturated carbocycles. The number of nitrogens with zero attached hydrogens (tertiary/aromatic N) is 3. The number of hydrogen-bond acceptors (Lipinski definition) is 6. The van der Waals surface area contributed by atoms with E-state index in [1.54, 1.807) is 13.0 Å². The molecule has 7 nitrogen and oxygen atoms in total. The average Bonchev–Trinajstić information content (AvgIpc) is 3.35. The van der Waals surface area contributed by atoms with E-state index < -0.39 is 6.86 Å². The number of ether oxygens (including phenoxy) is 1. The minimum Gasteiger partial charge on any atom is -0.463 e. The number of fused-ring (bicyclic) bond motifs is 2. The Balaban J connectivity index is 1.47.